The molecular weight excluding hydrogens is 258 g/mol. The summed E-state index contributed by atoms with van der Waals surface area (Å²) in [5, 5.41) is 0. The van der Waals surface area contributed by atoms with Crippen LogP contribution in [0.1, 0.15) is 47.5 Å². The number of hydrogen-bond donors (Lipinski definition) is 0. The third-order valence-electron chi connectivity index (χ3n) is 4.00. The summed E-state index contributed by atoms with van der Waals surface area (Å²) in [6.07, 6.45) is 1.23. The molecule has 5 heteroatoms. The molecule has 0 heterocycles. The molecule has 1 saturated carbocycles. The average molecular weight is 287 g/mol. The zero-order valence-electron chi connectivity index (χ0n) is 13.9. The Kier molecular flexibility index (Phi) is 5.44. The molecule has 0 bridgehead atoms. The molecule has 0 spiro atoms. The van der Waals surface area contributed by atoms with Gasteiger partial charge in [0.2, 0.25) is 0 Å². The smallest absolute Gasteiger partial charge is 0.410 e. The second-order valence-electron chi connectivity index (χ2n) is 6.63. The summed E-state index contributed by atoms with van der Waals surface area (Å²) in [6, 6.07) is 0.266. The van der Waals surface area contributed by atoms with Gasteiger partial charge >= 0.3 is 6.09 Å². The van der Waals surface area contributed by atoms with Gasteiger partial charge < -0.3 is 19.1 Å². The van der Waals surface area contributed by atoms with Crippen LogP contribution in [0.3, 0.4) is 0 Å². The molecule has 20 heavy (non-hydrogen) atoms. The first-order valence-electron chi connectivity index (χ1n) is 7.24. The van der Waals surface area contributed by atoms with Crippen molar-refractivity contribution >= 4 is 6.09 Å². The van der Waals surface area contributed by atoms with Gasteiger partial charge in [0.15, 0.2) is 5.79 Å². The first kappa shape index (κ1) is 17.2. The van der Waals surface area contributed by atoms with Crippen LogP contribution in [0.25, 0.3) is 0 Å². The van der Waals surface area contributed by atoms with Crippen molar-refractivity contribution in [3.63, 3.8) is 0 Å². The summed E-state index contributed by atoms with van der Waals surface area (Å²) in [5.74, 6) is -0.503. The molecule has 0 radical (unpaired) electrons. The standard InChI is InChI=1S/C15H29NO4/c1-11(2)16(12(3)4)13(17)20-10-14(5)8-15(9-14,18-6)19-7/h11-12H,8-10H2,1-7H3. The van der Waals surface area contributed by atoms with Crippen molar-refractivity contribution in [3.8, 4) is 0 Å². The number of carbonyl (C=O) groups excluding carboxylic acids is 1. The Morgan fingerprint density at radius 1 is 1.10 bits per heavy atom. The molecule has 1 fully saturated rings. The summed E-state index contributed by atoms with van der Waals surface area (Å²) < 4.78 is 16.2. The Morgan fingerprint density at radius 2 is 1.55 bits per heavy atom. The van der Waals surface area contributed by atoms with Gasteiger partial charge in [0.05, 0.1) is 6.61 Å². The monoisotopic (exact) mass is 287 g/mol. The van der Waals surface area contributed by atoms with Crippen molar-refractivity contribution in [2.45, 2.75) is 65.3 Å². The molecule has 0 aromatic carbocycles. The minimum atomic E-state index is -0.503. The lowest BCUT2D eigenvalue weighted by Crippen LogP contribution is -2.55. The van der Waals surface area contributed by atoms with Crippen LogP contribution in [0.4, 0.5) is 4.79 Å². The highest BCUT2D eigenvalue weighted by Crippen LogP contribution is 2.50. The van der Waals surface area contributed by atoms with Gasteiger partial charge in [0.25, 0.3) is 0 Å². The Balaban J connectivity index is 2.50. The van der Waals surface area contributed by atoms with Crippen molar-refractivity contribution in [2.24, 2.45) is 5.41 Å². The highest BCUT2D eigenvalue weighted by atomic mass is 16.7. The van der Waals surface area contributed by atoms with Gasteiger partial charge in [-0.1, -0.05) is 6.92 Å². The second-order valence-corrected chi connectivity index (χ2v) is 6.63. The van der Waals surface area contributed by atoms with E-state index in [1.165, 1.54) is 0 Å². The third kappa shape index (κ3) is 3.64. The molecule has 1 aliphatic rings. The number of methoxy groups -OCH3 is 2. The quantitative estimate of drug-likeness (QED) is 0.705. The Bertz CT molecular complexity index is 321. The number of rotatable bonds is 6. The van der Waals surface area contributed by atoms with E-state index in [-0.39, 0.29) is 23.6 Å². The van der Waals surface area contributed by atoms with E-state index in [1.54, 1.807) is 19.1 Å². The number of ether oxygens (including phenoxy) is 3. The van der Waals surface area contributed by atoms with E-state index in [0.29, 0.717) is 6.61 Å². The van der Waals surface area contributed by atoms with Crippen LogP contribution in [0.15, 0.2) is 0 Å². The summed E-state index contributed by atoms with van der Waals surface area (Å²) >= 11 is 0. The first-order valence-corrected chi connectivity index (χ1v) is 7.24. The average Bonchev–Trinajstić information content (AvgIpc) is 2.32. The molecule has 1 amide bonds. The Morgan fingerprint density at radius 3 is 1.90 bits per heavy atom. The summed E-state index contributed by atoms with van der Waals surface area (Å²) in [6.45, 7) is 10.5. The summed E-state index contributed by atoms with van der Waals surface area (Å²) in [7, 11) is 3.29. The lowest BCUT2D eigenvalue weighted by Gasteiger charge is -2.52. The minimum absolute atomic E-state index is 0.0681. The van der Waals surface area contributed by atoms with Crippen molar-refractivity contribution in [1.82, 2.24) is 4.90 Å². The molecule has 0 aliphatic heterocycles. The maximum absolute atomic E-state index is 12.2. The second kappa shape index (κ2) is 6.31. The Labute approximate surface area is 122 Å². The molecule has 0 saturated heterocycles. The summed E-state index contributed by atoms with van der Waals surface area (Å²) in [4.78, 5) is 13.9. The van der Waals surface area contributed by atoms with Gasteiger partial charge in [-0.25, -0.2) is 4.79 Å². The van der Waals surface area contributed by atoms with E-state index in [1.807, 2.05) is 27.7 Å². The largest absolute Gasteiger partial charge is 0.449 e. The molecule has 0 aromatic heterocycles. The highest BCUT2D eigenvalue weighted by molar-refractivity contribution is 5.68. The first-order chi connectivity index (χ1) is 9.18. The molecule has 118 valence electrons. The maximum atomic E-state index is 12.2. The molecule has 5 nitrogen and oxygen atoms in total. The SMILES string of the molecule is COC1(OC)CC(C)(COC(=O)N(C(C)C)C(C)C)C1. The minimum Gasteiger partial charge on any atom is -0.449 e. The summed E-state index contributed by atoms with van der Waals surface area (Å²) in [5.41, 5.74) is -0.0681. The zero-order valence-corrected chi connectivity index (χ0v) is 13.9. The van der Waals surface area contributed by atoms with Gasteiger partial charge in [-0.05, 0) is 27.7 Å². The molecule has 0 unspecified atom stereocenters. The molecule has 1 rings (SSSR count). The van der Waals surface area contributed by atoms with E-state index in [9.17, 15) is 4.79 Å². The Hall–Kier alpha value is -0.810. The molecule has 0 aromatic rings. The van der Waals surface area contributed by atoms with Gasteiger partial charge in [-0.3, -0.25) is 0 Å². The van der Waals surface area contributed by atoms with Crippen molar-refractivity contribution in [1.29, 1.82) is 0 Å². The van der Waals surface area contributed by atoms with Crippen molar-refractivity contribution in [2.75, 3.05) is 20.8 Å². The fraction of sp³-hybridized carbons (Fsp3) is 0.933. The van der Waals surface area contributed by atoms with Crippen molar-refractivity contribution < 1.29 is 19.0 Å². The molecule has 0 atom stereocenters. The maximum Gasteiger partial charge on any atom is 0.410 e. The predicted molar refractivity (Wildman–Crippen MR) is 77.5 cm³/mol. The molecular formula is C15H29NO4. The number of carbonyl (C=O) groups is 1. The van der Waals surface area contributed by atoms with Gasteiger partial charge in [-0.15, -0.1) is 0 Å². The normalized spacial score (nSPS) is 19.9. The number of amides is 1. The van der Waals surface area contributed by atoms with Gasteiger partial charge in [0, 0.05) is 44.6 Å². The van der Waals surface area contributed by atoms with E-state index in [4.69, 9.17) is 14.2 Å². The van der Waals surface area contributed by atoms with E-state index in [2.05, 4.69) is 6.92 Å². The fourth-order valence-electron chi connectivity index (χ4n) is 3.05. The lowest BCUT2D eigenvalue weighted by molar-refractivity contribution is -0.298. The number of hydrogen-bond acceptors (Lipinski definition) is 4. The third-order valence-corrected chi connectivity index (χ3v) is 4.00. The van der Waals surface area contributed by atoms with E-state index in [0.717, 1.165) is 12.8 Å². The van der Waals surface area contributed by atoms with Crippen LogP contribution < -0.4 is 0 Å². The van der Waals surface area contributed by atoms with E-state index < -0.39 is 5.79 Å². The fourth-order valence-corrected chi connectivity index (χ4v) is 3.05. The predicted octanol–water partition coefficient (Wildman–Crippen LogP) is 3.03. The molecule has 0 N–H and O–H groups in total. The topological polar surface area (TPSA) is 48.0 Å². The number of nitrogens with zero attached hydrogens (tertiary/aromatic N) is 1. The lowest BCUT2D eigenvalue weighted by atomic mass is 9.66. The van der Waals surface area contributed by atoms with Crippen LogP contribution in [-0.4, -0.2) is 49.7 Å². The van der Waals surface area contributed by atoms with Crippen molar-refractivity contribution in [3.05, 3.63) is 0 Å². The zero-order chi connectivity index (χ0) is 15.6. The van der Waals surface area contributed by atoms with E-state index >= 15 is 0 Å². The van der Waals surface area contributed by atoms with Crippen LogP contribution in [0, 0.1) is 5.41 Å². The van der Waals surface area contributed by atoms with Gasteiger partial charge in [-0.2, -0.15) is 0 Å². The van der Waals surface area contributed by atoms with Crippen LogP contribution in [-0.2, 0) is 14.2 Å². The van der Waals surface area contributed by atoms with Crippen LogP contribution in [0.5, 0.6) is 0 Å². The van der Waals surface area contributed by atoms with Gasteiger partial charge in [0.1, 0.15) is 0 Å². The van der Waals surface area contributed by atoms with Crippen LogP contribution >= 0.6 is 0 Å². The highest BCUT2D eigenvalue weighted by Gasteiger charge is 2.53. The van der Waals surface area contributed by atoms with Crippen LogP contribution in [0.2, 0.25) is 0 Å². The molecule has 1 aliphatic carbocycles.